The summed E-state index contributed by atoms with van der Waals surface area (Å²) in [7, 11) is 4.74. The summed E-state index contributed by atoms with van der Waals surface area (Å²) in [6.07, 6.45) is 5.36. The minimum Gasteiger partial charge on any atom is -0.493 e. The molecule has 0 unspecified atom stereocenters. The molecule has 1 atom stereocenters. The van der Waals surface area contributed by atoms with E-state index in [9.17, 15) is 14.7 Å². The van der Waals surface area contributed by atoms with E-state index in [1.165, 1.54) is 16.2 Å². The highest BCUT2D eigenvalue weighted by atomic mass is 16.5. The van der Waals surface area contributed by atoms with Crippen LogP contribution in [0.3, 0.4) is 0 Å². The molecule has 2 aromatic heterocycles. The maximum atomic E-state index is 13.0. The molecule has 166 valence electrons. The van der Waals surface area contributed by atoms with Gasteiger partial charge in [0.1, 0.15) is 0 Å². The van der Waals surface area contributed by atoms with Gasteiger partial charge in [-0.25, -0.2) is 14.3 Å². The molecule has 0 radical (unpaired) electrons. The van der Waals surface area contributed by atoms with Crippen LogP contribution in [0.1, 0.15) is 18.3 Å². The molecule has 9 heteroatoms. The number of rotatable bonds is 6. The first kappa shape index (κ1) is 22.7. The minimum absolute atomic E-state index is 0.124. The first-order valence-corrected chi connectivity index (χ1v) is 9.84. The third kappa shape index (κ3) is 4.11. The molecule has 0 aliphatic rings. The van der Waals surface area contributed by atoms with E-state index in [1.807, 2.05) is 0 Å². The molecule has 0 amide bonds. The van der Waals surface area contributed by atoms with Gasteiger partial charge in [-0.05, 0) is 30.0 Å². The first-order valence-electron chi connectivity index (χ1n) is 9.84. The number of terminal acetylenes is 1. The van der Waals surface area contributed by atoms with E-state index >= 15 is 0 Å². The Balaban J connectivity index is 2.21. The predicted molar refractivity (Wildman–Crippen MR) is 120 cm³/mol. The Hall–Kier alpha value is -3.95. The van der Waals surface area contributed by atoms with Gasteiger partial charge in [0.25, 0.3) is 5.56 Å². The molecular formula is C23H24N4O5. The fraction of sp³-hybridized carbons (Fsp3) is 0.348. The van der Waals surface area contributed by atoms with Crippen molar-refractivity contribution in [1.29, 1.82) is 0 Å². The highest BCUT2D eigenvalue weighted by molar-refractivity contribution is 5.72. The lowest BCUT2D eigenvalue weighted by Crippen LogP contribution is -2.41. The smallest absolute Gasteiger partial charge is 0.333 e. The monoisotopic (exact) mass is 436 g/mol. The first-order chi connectivity index (χ1) is 15.4. The predicted octanol–water partition coefficient (Wildman–Crippen LogP) is 0.575. The maximum Gasteiger partial charge on any atom is 0.333 e. The van der Waals surface area contributed by atoms with Crippen molar-refractivity contribution in [2.75, 3.05) is 20.8 Å². The van der Waals surface area contributed by atoms with Gasteiger partial charge >= 0.3 is 5.69 Å². The van der Waals surface area contributed by atoms with Crippen molar-refractivity contribution in [1.82, 2.24) is 18.7 Å². The molecule has 3 aromatic rings. The topological polar surface area (TPSA) is 101 Å². The summed E-state index contributed by atoms with van der Waals surface area (Å²) in [4.78, 5) is 30.4. The van der Waals surface area contributed by atoms with E-state index in [-0.39, 0.29) is 36.8 Å². The maximum absolute atomic E-state index is 13.0. The van der Waals surface area contributed by atoms with Gasteiger partial charge in [-0.2, -0.15) is 0 Å². The zero-order valence-electron chi connectivity index (χ0n) is 18.4. The van der Waals surface area contributed by atoms with Crippen LogP contribution in [-0.2, 0) is 20.1 Å². The van der Waals surface area contributed by atoms with E-state index in [1.54, 1.807) is 39.3 Å². The van der Waals surface area contributed by atoms with Crippen LogP contribution in [0.15, 0.2) is 27.8 Å². The average molecular weight is 436 g/mol. The van der Waals surface area contributed by atoms with Crippen molar-refractivity contribution < 1.29 is 14.6 Å². The summed E-state index contributed by atoms with van der Waals surface area (Å²) in [6.45, 7) is 1.67. The number of aromatic nitrogens is 4. The lowest BCUT2D eigenvalue weighted by molar-refractivity contribution is 0.222. The zero-order valence-corrected chi connectivity index (χ0v) is 18.4. The number of imidazole rings is 1. The van der Waals surface area contributed by atoms with Crippen molar-refractivity contribution in [3.8, 4) is 35.7 Å². The number of hydrogen-bond donors (Lipinski definition) is 1. The Labute approximate surface area is 184 Å². The molecule has 0 saturated carbocycles. The summed E-state index contributed by atoms with van der Waals surface area (Å²) < 4.78 is 14.4. The van der Waals surface area contributed by atoms with Crippen LogP contribution in [0.5, 0.6) is 11.5 Å². The standard InChI is InChI=1S/C23H24N4O5/c1-6-11-26-22(29)20-21(27(23(26)30)13-15(2)14-28)24-19(25(20)3)10-8-16-7-9-17(31-4)18(12-16)32-5/h1,7,9,12,15,28H,11,13-14H2,2-5H3/t15-/m1/s1. The number of aryl methyl sites for hydroxylation is 1. The van der Waals surface area contributed by atoms with Crippen molar-refractivity contribution in [3.05, 3.63) is 50.4 Å². The number of nitrogens with zero attached hydrogens (tertiary/aromatic N) is 4. The van der Waals surface area contributed by atoms with Crippen molar-refractivity contribution >= 4 is 11.2 Å². The van der Waals surface area contributed by atoms with Gasteiger partial charge in [0.15, 0.2) is 28.5 Å². The number of methoxy groups -OCH3 is 2. The number of ether oxygens (including phenoxy) is 2. The van der Waals surface area contributed by atoms with E-state index in [0.29, 0.717) is 22.9 Å². The average Bonchev–Trinajstić information content (AvgIpc) is 3.13. The number of fused-ring (bicyclic) bond motifs is 1. The van der Waals surface area contributed by atoms with Crippen LogP contribution in [0, 0.1) is 30.1 Å². The fourth-order valence-corrected chi connectivity index (χ4v) is 3.28. The third-order valence-corrected chi connectivity index (χ3v) is 5.00. The number of aliphatic hydroxyl groups excluding tert-OH is 1. The van der Waals surface area contributed by atoms with E-state index in [0.717, 1.165) is 4.57 Å². The molecule has 9 nitrogen and oxygen atoms in total. The number of aliphatic hydroxyl groups is 1. The fourth-order valence-electron chi connectivity index (χ4n) is 3.28. The molecule has 0 aliphatic heterocycles. The second-order valence-electron chi connectivity index (χ2n) is 7.26. The summed E-state index contributed by atoms with van der Waals surface area (Å²) in [6, 6.07) is 5.24. The molecule has 2 heterocycles. The molecule has 0 aliphatic carbocycles. The van der Waals surface area contributed by atoms with Crippen LogP contribution in [0.2, 0.25) is 0 Å². The van der Waals surface area contributed by atoms with Crippen molar-refractivity contribution in [2.24, 2.45) is 13.0 Å². The van der Waals surface area contributed by atoms with Gasteiger partial charge in [0.2, 0.25) is 0 Å². The van der Waals surface area contributed by atoms with Crippen LogP contribution in [0.4, 0.5) is 0 Å². The summed E-state index contributed by atoms with van der Waals surface area (Å²) in [5.41, 5.74) is -0.0386. The molecule has 0 spiro atoms. The van der Waals surface area contributed by atoms with Crippen molar-refractivity contribution in [3.63, 3.8) is 0 Å². The Morgan fingerprint density at radius 2 is 1.88 bits per heavy atom. The summed E-state index contributed by atoms with van der Waals surface area (Å²) >= 11 is 0. The molecule has 32 heavy (non-hydrogen) atoms. The molecule has 1 N–H and O–H groups in total. The second kappa shape index (κ2) is 9.46. The molecular weight excluding hydrogens is 412 g/mol. The Morgan fingerprint density at radius 1 is 1.16 bits per heavy atom. The van der Waals surface area contributed by atoms with E-state index in [2.05, 4.69) is 22.7 Å². The third-order valence-electron chi connectivity index (χ3n) is 5.00. The van der Waals surface area contributed by atoms with Crippen LogP contribution in [0.25, 0.3) is 11.2 Å². The molecule has 3 rings (SSSR count). The molecule has 0 bridgehead atoms. The van der Waals surface area contributed by atoms with Crippen molar-refractivity contribution in [2.45, 2.75) is 20.0 Å². The lowest BCUT2D eigenvalue weighted by atomic mass is 10.2. The van der Waals surface area contributed by atoms with Crippen LogP contribution < -0.4 is 20.7 Å². The van der Waals surface area contributed by atoms with Gasteiger partial charge in [-0.1, -0.05) is 18.8 Å². The molecule has 1 aromatic carbocycles. The molecule has 0 fully saturated rings. The second-order valence-corrected chi connectivity index (χ2v) is 7.26. The SMILES string of the molecule is C#CCn1c(=O)c2c(nc(C#Cc3ccc(OC)c(OC)c3)n2C)n(C[C@@H](C)CO)c1=O. The highest BCUT2D eigenvalue weighted by Gasteiger charge is 2.20. The zero-order chi connectivity index (χ0) is 23.4. The highest BCUT2D eigenvalue weighted by Crippen LogP contribution is 2.27. The normalized spacial score (nSPS) is 11.5. The van der Waals surface area contributed by atoms with Gasteiger partial charge in [-0.3, -0.25) is 9.36 Å². The Kier molecular flexibility index (Phi) is 6.72. The summed E-state index contributed by atoms with van der Waals surface area (Å²) in [5, 5.41) is 9.45. The van der Waals surface area contributed by atoms with Gasteiger partial charge in [-0.15, -0.1) is 6.42 Å². The quantitative estimate of drug-likeness (QED) is 0.568. The molecule has 0 saturated heterocycles. The van der Waals surface area contributed by atoms with Gasteiger partial charge in [0, 0.05) is 25.8 Å². The van der Waals surface area contributed by atoms with E-state index in [4.69, 9.17) is 15.9 Å². The largest absolute Gasteiger partial charge is 0.493 e. The lowest BCUT2D eigenvalue weighted by Gasteiger charge is -2.13. The minimum atomic E-state index is -0.571. The van der Waals surface area contributed by atoms with Gasteiger partial charge < -0.3 is 19.1 Å². The number of hydrogen-bond acceptors (Lipinski definition) is 6. The Bertz CT molecular complexity index is 1380. The Morgan fingerprint density at radius 3 is 2.50 bits per heavy atom. The summed E-state index contributed by atoms with van der Waals surface area (Å²) in [5.74, 6) is 9.48. The van der Waals surface area contributed by atoms with E-state index < -0.39 is 11.2 Å². The van der Waals surface area contributed by atoms with Crippen LogP contribution in [-0.4, -0.2) is 44.6 Å². The van der Waals surface area contributed by atoms with Crippen LogP contribution >= 0.6 is 0 Å². The van der Waals surface area contributed by atoms with Gasteiger partial charge in [0.05, 0.1) is 20.8 Å². The number of benzene rings is 1.